The van der Waals surface area contributed by atoms with Crippen LogP contribution in [0.1, 0.15) is 16.8 Å². The Bertz CT molecular complexity index is 608. The van der Waals surface area contributed by atoms with Crippen LogP contribution in [0.2, 0.25) is 0 Å². The van der Waals surface area contributed by atoms with E-state index in [0.717, 1.165) is 17.3 Å². The van der Waals surface area contributed by atoms with E-state index in [1.54, 1.807) is 6.20 Å². The van der Waals surface area contributed by atoms with Gasteiger partial charge in [0.05, 0.1) is 5.56 Å². The van der Waals surface area contributed by atoms with Crippen LogP contribution in [-0.4, -0.2) is 29.9 Å². The van der Waals surface area contributed by atoms with Gasteiger partial charge in [0.2, 0.25) is 0 Å². The number of amides is 1. The highest BCUT2D eigenvalue weighted by molar-refractivity contribution is 6.10. The van der Waals surface area contributed by atoms with Gasteiger partial charge in [0, 0.05) is 23.6 Å². The van der Waals surface area contributed by atoms with E-state index >= 15 is 0 Å². The van der Waals surface area contributed by atoms with Crippen molar-refractivity contribution in [2.24, 2.45) is 16.5 Å². The lowest BCUT2D eigenvalue weighted by molar-refractivity contribution is 0.100. The van der Waals surface area contributed by atoms with E-state index in [-0.39, 0.29) is 24.3 Å². The predicted molar refractivity (Wildman–Crippen MR) is 83.2 cm³/mol. The second-order valence-corrected chi connectivity index (χ2v) is 4.12. The molecule has 0 saturated heterocycles. The highest BCUT2D eigenvalue weighted by Gasteiger charge is 2.11. The Morgan fingerprint density at radius 3 is 2.85 bits per heavy atom. The first-order valence-electron chi connectivity index (χ1n) is 6.11. The topological polar surface area (TPSA) is 109 Å². The van der Waals surface area contributed by atoms with Crippen molar-refractivity contribution in [3.63, 3.8) is 0 Å². The molecule has 1 heterocycles. The first-order valence-corrected chi connectivity index (χ1v) is 6.11. The molecule has 0 spiro atoms. The van der Waals surface area contributed by atoms with Crippen LogP contribution in [0.5, 0.6) is 0 Å². The Labute approximate surface area is 123 Å². The third-order valence-electron chi connectivity index (χ3n) is 2.73. The van der Waals surface area contributed by atoms with Gasteiger partial charge < -0.3 is 21.8 Å². The standard InChI is InChI=1S/C13H17N5O.ClH/c14-6-3-7-16-13(15)18-12(19)10-8-17-11-5-2-1-4-9(10)11;/h1-2,4-5,8,17H,3,6-7,14H2,(H3,15,16,18,19);1H. The number of rotatable bonds is 4. The van der Waals surface area contributed by atoms with E-state index in [1.807, 2.05) is 24.3 Å². The van der Waals surface area contributed by atoms with Gasteiger partial charge in [0.25, 0.3) is 5.91 Å². The maximum atomic E-state index is 12.0. The van der Waals surface area contributed by atoms with E-state index in [9.17, 15) is 4.79 Å². The van der Waals surface area contributed by atoms with Crippen LogP contribution in [0.4, 0.5) is 0 Å². The van der Waals surface area contributed by atoms with Gasteiger partial charge in [-0.05, 0) is 19.0 Å². The Hall–Kier alpha value is -2.05. The summed E-state index contributed by atoms with van der Waals surface area (Å²) in [5.74, 6) is -0.251. The second kappa shape index (κ2) is 7.52. The summed E-state index contributed by atoms with van der Waals surface area (Å²) in [7, 11) is 0. The summed E-state index contributed by atoms with van der Waals surface area (Å²) < 4.78 is 0. The van der Waals surface area contributed by atoms with Gasteiger partial charge in [-0.25, -0.2) is 0 Å². The fraction of sp³-hybridized carbons (Fsp3) is 0.231. The van der Waals surface area contributed by atoms with Crippen LogP contribution in [0.25, 0.3) is 10.9 Å². The maximum Gasteiger partial charge on any atom is 0.282 e. The van der Waals surface area contributed by atoms with Crippen molar-refractivity contribution in [2.75, 3.05) is 13.1 Å². The average Bonchev–Trinajstić information content (AvgIpc) is 2.83. The van der Waals surface area contributed by atoms with E-state index in [0.29, 0.717) is 18.7 Å². The van der Waals surface area contributed by atoms with E-state index in [2.05, 4.69) is 15.3 Å². The minimum atomic E-state index is -0.366. The number of guanidine groups is 1. The molecule has 1 amide bonds. The van der Waals surface area contributed by atoms with Gasteiger partial charge in [-0.2, -0.15) is 4.99 Å². The van der Waals surface area contributed by atoms with Gasteiger partial charge >= 0.3 is 0 Å². The largest absolute Gasteiger partial charge is 0.370 e. The van der Waals surface area contributed by atoms with Crippen molar-refractivity contribution in [3.8, 4) is 0 Å². The minimum absolute atomic E-state index is 0. The second-order valence-electron chi connectivity index (χ2n) is 4.12. The molecule has 2 aromatic rings. The molecule has 0 aliphatic carbocycles. The molecule has 6 N–H and O–H groups in total. The number of nitrogens with two attached hydrogens (primary N) is 2. The summed E-state index contributed by atoms with van der Waals surface area (Å²) in [6.45, 7) is 1.17. The van der Waals surface area contributed by atoms with E-state index in [1.165, 1.54) is 0 Å². The molecule has 0 fully saturated rings. The summed E-state index contributed by atoms with van der Waals surface area (Å²) in [6.07, 6.45) is 2.42. The molecular formula is C13H18ClN5O. The molecule has 6 nitrogen and oxygen atoms in total. The molecule has 0 radical (unpaired) electrons. The number of hydrogen-bond donors (Lipinski definition) is 4. The molecule has 1 aromatic carbocycles. The number of halogens is 1. The molecule has 0 aliphatic heterocycles. The van der Waals surface area contributed by atoms with E-state index < -0.39 is 0 Å². The van der Waals surface area contributed by atoms with Gasteiger partial charge in [-0.3, -0.25) is 4.79 Å². The lowest BCUT2D eigenvalue weighted by Crippen LogP contribution is -2.33. The number of hydrogen-bond acceptors (Lipinski definition) is 2. The van der Waals surface area contributed by atoms with Crippen molar-refractivity contribution in [1.82, 2.24) is 10.3 Å². The molecule has 1 aromatic heterocycles. The molecule has 7 heteroatoms. The quantitative estimate of drug-likeness (QED) is 0.383. The van der Waals surface area contributed by atoms with E-state index in [4.69, 9.17) is 11.5 Å². The minimum Gasteiger partial charge on any atom is -0.370 e. The number of aliphatic imine (C=N–C) groups is 1. The van der Waals surface area contributed by atoms with Crippen molar-refractivity contribution in [2.45, 2.75) is 6.42 Å². The molecule has 0 atom stereocenters. The number of aromatic nitrogens is 1. The maximum absolute atomic E-state index is 12.0. The fourth-order valence-electron chi connectivity index (χ4n) is 1.78. The summed E-state index contributed by atoms with van der Waals surface area (Å²) in [6, 6.07) is 7.55. The average molecular weight is 296 g/mol. The monoisotopic (exact) mass is 295 g/mol. The Kier molecular flexibility index (Phi) is 6.02. The molecule has 0 aliphatic rings. The number of fused-ring (bicyclic) bond motifs is 1. The molecule has 0 unspecified atom stereocenters. The van der Waals surface area contributed by atoms with Gasteiger partial charge in [-0.15, -0.1) is 12.4 Å². The molecular weight excluding hydrogens is 278 g/mol. The number of H-pyrrole nitrogens is 1. The van der Waals surface area contributed by atoms with Crippen molar-refractivity contribution >= 4 is 35.2 Å². The zero-order chi connectivity index (χ0) is 13.7. The van der Waals surface area contributed by atoms with Crippen LogP contribution >= 0.6 is 12.4 Å². The van der Waals surface area contributed by atoms with Crippen molar-refractivity contribution in [3.05, 3.63) is 36.0 Å². The molecule has 2 rings (SSSR count). The summed E-state index contributed by atoms with van der Waals surface area (Å²) in [5, 5.41) is 3.68. The lowest BCUT2D eigenvalue weighted by atomic mass is 10.2. The highest BCUT2D eigenvalue weighted by Crippen LogP contribution is 2.18. The zero-order valence-corrected chi connectivity index (χ0v) is 11.7. The van der Waals surface area contributed by atoms with Crippen LogP contribution in [0, 0.1) is 0 Å². The Morgan fingerprint density at radius 1 is 1.35 bits per heavy atom. The predicted octanol–water partition coefficient (Wildman–Crippen LogP) is 0.983. The summed E-state index contributed by atoms with van der Waals surface area (Å²) in [5.41, 5.74) is 12.4. The highest BCUT2D eigenvalue weighted by atomic mass is 35.5. The Morgan fingerprint density at radius 2 is 2.10 bits per heavy atom. The van der Waals surface area contributed by atoms with Crippen molar-refractivity contribution in [1.29, 1.82) is 0 Å². The smallest absolute Gasteiger partial charge is 0.282 e. The van der Waals surface area contributed by atoms with Crippen molar-refractivity contribution < 1.29 is 4.79 Å². The normalized spacial score (nSPS) is 11.2. The van der Waals surface area contributed by atoms with Gasteiger partial charge in [0.15, 0.2) is 5.96 Å². The fourth-order valence-corrected chi connectivity index (χ4v) is 1.78. The van der Waals surface area contributed by atoms with Gasteiger partial charge in [0.1, 0.15) is 0 Å². The first kappa shape index (κ1) is 16.0. The number of para-hydroxylation sites is 1. The molecule has 0 bridgehead atoms. The first-order chi connectivity index (χ1) is 9.22. The number of aromatic amines is 1. The van der Waals surface area contributed by atoms with Crippen LogP contribution < -0.4 is 16.8 Å². The third-order valence-corrected chi connectivity index (χ3v) is 2.73. The Balaban J connectivity index is 0.00000200. The lowest BCUT2D eigenvalue weighted by Gasteiger charge is -2.03. The summed E-state index contributed by atoms with van der Waals surface area (Å²) >= 11 is 0. The third kappa shape index (κ3) is 3.72. The number of carbonyl (C=O) groups excluding carboxylic acids is 1. The molecule has 0 saturated carbocycles. The SMILES string of the molecule is Cl.NCCCNC(N)=NC(=O)c1c[nH]c2ccccc12. The number of carbonyl (C=O) groups is 1. The van der Waals surface area contributed by atoms with Crippen LogP contribution in [-0.2, 0) is 0 Å². The van der Waals surface area contributed by atoms with Crippen LogP contribution in [0.15, 0.2) is 35.5 Å². The molecule has 20 heavy (non-hydrogen) atoms. The van der Waals surface area contributed by atoms with Gasteiger partial charge in [-0.1, -0.05) is 18.2 Å². The summed E-state index contributed by atoms with van der Waals surface area (Å²) in [4.78, 5) is 18.9. The zero-order valence-electron chi connectivity index (χ0n) is 10.9. The van der Waals surface area contributed by atoms with Crippen LogP contribution in [0.3, 0.4) is 0 Å². The number of benzene rings is 1. The molecule has 108 valence electrons. The number of nitrogens with zero attached hydrogens (tertiary/aromatic N) is 1. The number of nitrogens with one attached hydrogen (secondary N) is 2.